The monoisotopic (exact) mass is 249 g/mol. The van der Waals surface area contributed by atoms with Gasteiger partial charge in [-0.3, -0.25) is 4.79 Å². The highest BCUT2D eigenvalue weighted by molar-refractivity contribution is 5.76. The van der Waals surface area contributed by atoms with Crippen molar-refractivity contribution in [1.29, 1.82) is 0 Å². The lowest BCUT2D eigenvalue weighted by Gasteiger charge is -2.27. The van der Waals surface area contributed by atoms with E-state index in [9.17, 15) is 4.79 Å². The lowest BCUT2D eigenvalue weighted by molar-refractivity contribution is -0.122. The molecule has 1 aromatic heterocycles. The van der Waals surface area contributed by atoms with Crippen LogP contribution < -0.4 is 5.32 Å². The van der Waals surface area contributed by atoms with Gasteiger partial charge in [-0.2, -0.15) is 0 Å². The smallest absolute Gasteiger partial charge is 0.220 e. The Labute approximate surface area is 109 Å². The minimum absolute atomic E-state index is 0.203. The number of carbonyl (C=O) groups excluding carboxylic acids is 1. The van der Waals surface area contributed by atoms with Crippen LogP contribution >= 0.6 is 0 Å². The van der Waals surface area contributed by atoms with E-state index in [0.717, 1.165) is 31.7 Å². The summed E-state index contributed by atoms with van der Waals surface area (Å²) < 4.78 is 2.01. The SMILES string of the molecule is C[C@H]1CCC[C@@H](NC(=O)CCCn2ccnc2)C1. The quantitative estimate of drug-likeness (QED) is 0.870. The summed E-state index contributed by atoms with van der Waals surface area (Å²) in [7, 11) is 0. The number of rotatable bonds is 5. The fourth-order valence-electron chi connectivity index (χ4n) is 2.71. The summed E-state index contributed by atoms with van der Waals surface area (Å²) in [6.45, 7) is 3.14. The third kappa shape index (κ3) is 4.17. The summed E-state index contributed by atoms with van der Waals surface area (Å²) in [5.41, 5.74) is 0. The predicted octanol–water partition coefficient (Wildman–Crippen LogP) is 2.36. The summed E-state index contributed by atoms with van der Waals surface area (Å²) in [5.74, 6) is 0.962. The molecule has 0 bridgehead atoms. The van der Waals surface area contributed by atoms with Crippen molar-refractivity contribution in [2.75, 3.05) is 0 Å². The Morgan fingerprint density at radius 2 is 2.39 bits per heavy atom. The Kier molecular flexibility index (Phi) is 4.79. The van der Waals surface area contributed by atoms with Crippen molar-refractivity contribution in [3.05, 3.63) is 18.7 Å². The summed E-state index contributed by atoms with van der Waals surface area (Å²) in [6, 6.07) is 0.412. The summed E-state index contributed by atoms with van der Waals surface area (Å²) in [6.07, 6.45) is 11.8. The average molecular weight is 249 g/mol. The molecule has 1 heterocycles. The topological polar surface area (TPSA) is 46.9 Å². The van der Waals surface area contributed by atoms with Crippen molar-refractivity contribution in [1.82, 2.24) is 14.9 Å². The number of aryl methyl sites for hydroxylation is 1. The van der Waals surface area contributed by atoms with E-state index in [4.69, 9.17) is 0 Å². The number of carbonyl (C=O) groups is 1. The molecule has 0 saturated heterocycles. The largest absolute Gasteiger partial charge is 0.353 e. The molecule has 18 heavy (non-hydrogen) atoms. The van der Waals surface area contributed by atoms with Crippen molar-refractivity contribution in [3.8, 4) is 0 Å². The van der Waals surface area contributed by atoms with Crippen molar-refractivity contribution < 1.29 is 4.79 Å². The van der Waals surface area contributed by atoms with Crippen LogP contribution in [0.5, 0.6) is 0 Å². The summed E-state index contributed by atoms with van der Waals surface area (Å²) >= 11 is 0. The van der Waals surface area contributed by atoms with E-state index in [1.807, 2.05) is 10.8 Å². The molecule has 1 fully saturated rings. The molecule has 0 radical (unpaired) electrons. The Bertz CT molecular complexity index is 361. The number of hydrogen-bond donors (Lipinski definition) is 1. The molecule has 1 aliphatic rings. The van der Waals surface area contributed by atoms with Crippen LogP contribution in [0, 0.1) is 5.92 Å². The Morgan fingerprint density at radius 3 is 3.11 bits per heavy atom. The van der Waals surface area contributed by atoms with E-state index >= 15 is 0 Å². The molecule has 2 atom stereocenters. The van der Waals surface area contributed by atoms with Crippen LogP contribution in [0.2, 0.25) is 0 Å². The highest BCUT2D eigenvalue weighted by Gasteiger charge is 2.19. The molecular formula is C14H23N3O. The van der Waals surface area contributed by atoms with Crippen LogP contribution in [-0.2, 0) is 11.3 Å². The number of nitrogens with one attached hydrogen (secondary N) is 1. The normalized spacial score (nSPS) is 23.8. The summed E-state index contributed by atoms with van der Waals surface area (Å²) in [5, 5.41) is 3.17. The number of amides is 1. The van der Waals surface area contributed by atoms with Crippen molar-refractivity contribution >= 4 is 5.91 Å². The first-order valence-electron chi connectivity index (χ1n) is 6.99. The fraction of sp³-hybridized carbons (Fsp3) is 0.714. The van der Waals surface area contributed by atoms with Gasteiger partial charge in [-0.25, -0.2) is 4.98 Å². The Hall–Kier alpha value is -1.32. The zero-order valence-electron chi connectivity index (χ0n) is 11.1. The van der Waals surface area contributed by atoms with Gasteiger partial charge in [0.15, 0.2) is 0 Å². The highest BCUT2D eigenvalue weighted by Crippen LogP contribution is 2.23. The third-order valence-electron chi connectivity index (χ3n) is 3.68. The van der Waals surface area contributed by atoms with Gasteiger partial charge in [0.05, 0.1) is 6.33 Å². The van der Waals surface area contributed by atoms with E-state index in [1.54, 1.807) is 12.5 Å². The van der Waals surface area contributed by atoms with E-state index in [1.165, 1.54) is 12.8 Å². The standard InChI is InChI=1S/C14H23N3O/c1-12-4-2-5-13(10-12)16-14(18)6-3-8-17-9-7-15-11-17/h7,9,11-13H,2-6,8,10H2,1H3,(H,16,18)/t12-,13+/m0/s1. The molecule has 0 aromatic carbocycles. The zero-order valence-corrected chi connectivity index (χ0v) is 11.1. The molecule has 100 valence electrons. The minimum atomic E-state index is 0.203. The molecule has 4 nitrogen and oxygen atoms in total. The lowest BCUT2D eigenvalue weighted by Crippen LogP contribution is -2.37. The van der Waals surface area contributed by atoms with Crippen LogP contribution in [0.1, 0.15) is 45.4 Å². The van der Waals surface area contributed by atoms with Crippen molar-refractivity contribution in [3.63, 3.8) is 0 Å². The molecule has 1 aromatic rings. The maximum Gasteiger partial charge on any atom is 0.220 e. The van der Waals surface area contributed by atoms with Crippen LogP contribution in [0.15, 0.2) is 18.7 Å². The molecule has 1 N–H and O–H groups in total. The van der Waals surface area contributed by atoms with Gasteiger partial charge < -0.3 is 9.88 Å². The fourth-order valence-corrected chi connectivity index (χ4v) is 2.71. The number of aromatic nitrogens is 2. The maximum atomic E-state index is 11.8. The molecule has 1 amide bonds. The van der Waals surface area contributed by atoms with Gasteiger partial charge in [-0.1, -0.05) is 19.8 Å². The van der Waals surface area contributed by atoms with Gasteiger partial charge in [-0.15, -0.1) is 0 Å². The molecule has 1 aliphatic carbocycles. The first-order valence-corrected chi connectivity index (χ1v) is 6.99. The van der Waals surface area contributed by atoms with Crippen LogP contribution in [0.3, 0.4) is 0 Å². The van der Waals surface area contributed by atoms with Gasteiger partial charge in [0, 0.05) is 31.4 Å². The van der Waals surface area contributed by atoms with Gasteiger partial charge in [0.2, 0.25) is 5.91 Å². The van der Waals surface area contributed by atoms with Gasteiger partial charge in [0.25, 0.3) is 0 Å². The lowest BCUT2D eigenvalue weighted by atomic mass is 9.87. The molecule has 0 unspecified atom stereocenters. The molecule has 4 heteroatoms. The average Bonchev–Trinajstić information content (AvgIpc) is 2.82. The first kappa shape index (κ1) is 13.1. The maximum absolute atomic E-state index is 11.8. The minimum Gasteiger partial charge on any atom is -0.353 e. The number of hydrogen-bond acceptors (Lipinski definition) is 2. The van der Waals surface area contributed by atoms with Crippen molar-refractivity contribution in [2.45, 2.75) is 58.0 Å². The van der Waals surface area contributed by atoms with Gasteiger partial charge in [-0.05, 0) is 25.2 Å². The Balaban J connectivity index is 1.62. The van der Waals surface area contributed by atoms with E-state index < -0.39 is 0 Å². The van der Waals surface area contributed by atoms with Crippen molar-refractivity contribution in [2.24, 2.45) is 5.92 Å². The van der Waals surface area contributed by atoms with Crippen LogP contribution in [0.25, 0.3) is 0 Å². The summed E-state index contributed by atoms with van der Waals surface area (Å²) in [4.78, 5) is 15.8. The highest BCUT2D eigenvalue weighted by atomic mass is 16.1. The molecular weight excluding hydrogens is 226 g/mol. The second-order valence-electron chi connectivity index (χ2n) is 5.44. The predicted molar refractivity (Wildman–Crippen MR) is 71.0 cm³/mol. The molecule has 1 saturated carbocycles. The Morgan fingerprint density at radius 1 is 1.50 bits per heavy atom. The second-order valence-corrected chi connectivity index (χ2v) is 5.44. The third-order valence-corrected chi connectivity index (χ3v) is 3.68. The molecule has 0 aliphatic heterocycles. The first-order chi connectivity index (χ1) is 8.74. The van der Waals surface area contributed by atoms with Crippen LogP contribution in [-0.4, -0.2) is 21.5 Å². The van der Waals surface area contributed by atoms with E-state index in [-0.39, 0.29) is 5.91 Å². The molecule has 2 rings (SSSR count). The van der Waals surface area contributed by atoms with Crippen LogP contribution in [0.4, 0.5) is 0 Å². The van der Waals surface area contributed by atoms with Gasteiger partial charge in [0.1, 0.15) is 0 Å². The second kappa shape index (κ2) is 6.57. The van der Waals surface area contributed by atoms with Gasteiger partial charge >= 0.3 is 0 Å². The number of imidazole rings is 1. The number of nitrogens with zero attached hydrogens (tertiary/aromatic N) is 2. The zero-order chi connectivity index (χ0) is 12.8. The van der Waals surface area contributed by atoms with E-state index in [2.05, 4.69) is 17.2 Å². The van der Waals surface area contributed by atoms with E-state index in [0.29, 0.717) is 12.5 Å². The molecule has 0 spiro atoms.